The Balaban J connectivity index is 1.45. The highest BCUT2D eigenvalue weighted by molar-refractivity contribution is 5.95. The lowest BCUT2D eigenvalue weighted by molar-refractivity contribution is 0.0596. The van der Waals surface area contributed by atoms with Crippen LogP contribution < -0.4 is 14.8 Å². The highest BCUT2D eigenvalue weighted by atomic mass is 16.5. The zero-order valence-corrected chi connectivity index (χ0v) is 26.7. The van der Waals surface area contributed by atoms with Gasteiger partial charge < -0.3 is 25.0 Å². The average molecular weight is 580 g/mol. The number of allylic oxidation sites excluding steroid dienone is 3. The number of amides is 1. The van der Waals surface area contributed by atoms with E-state index in [1.807, 2.05) is 13.8 Å². The van der Waals surface area contributed by atoms with Crippen LogP contribution in [0.15, 0.2) is 53.6 Å². The van der Waals surface area contributed by atoms with Gasteiger partial charge in [-0.25, -0.2) is 0 Å². The summed E-state index contributed by atoms with van der Waals surface area (Å²) in [7, 11) is 3.11. The van der Waals surface area contributed by atoms with E-state index in [0.29, 0.717) is 53.1 Å². The molecule has 1 amide bonds. The molecule has 4 rings (SSSR count). The molecule has 0 aromatic heterocycles. The Morgan fingerprint density at radius 2 is 1.95 bits per heavy atom. The third kappa shape index (κ3) is 7.31. The number of nitrogens with one attached hydrogen (secondary N) is 1. The summed E-state index contributed by atoms with van der Waals surface area (Å²) in [5, 5.41) is 24.0. The van der Waals surface area contributed by atoms with E-state index < -0.39 is 11.7 Å². The predicted octanol–water partition coefficient (Wildman–Crippen LogP) is 7.16. The van der Waals surface area contributed by atoms with Crippen LogP contribution in [-0.4, -0.2) is 48.1 Å². The maximum Gasteiger partial charge on any atom is 0.251 e. The lowest BCUT2D eigenvalue weighted by atomic mass is 9.60. The van der Waals surface area contributed by atoms with Crippen molar-refractivity contribution in [1.29, 1.82) is 0 Å². The smallest absolute Gasteiger partial charge is 0.251 e. The van der Waals surface area contributed by atoms with Crippen LogP contribution in [0, 0.1) is 23.2 Å². The fourth-order valence-corrected chi connectivity index (χ4v) is 8.13. The van der Waals surface area contributed by atoms with E-state index in [0.717, 1.165) is 30.4 Å². The second kappa shape index (κ2) is 13.4. The zero-order valence-electron chi connectivity index (χ0n) is 26.7. The van der Waals surface area contributed by atoms with Crippen molar-refractivity contribution in [3.05, 3.63) is 59.2 Å². The van der Waals surface area contributed by atoms with E-state index in [9.17, 15) is 15.0 Å². The second-order valence-corrected chi connectivity index (χ2v) is 13.9. The van der Waals surface area contributed by atoms with E-state index in [-0.39, 0.29) is 11.9 Å². The van der Waals surface area contributed by atoms with Gasteiger partial charge in [-0.2, -0.15) is 0 Å². The summed E-state index contributed by atoms with van der Waals surface area (Å²) < 4.78 is 10.7. The number of hydrogen-bond donors (Lipinski definition) is 3. The number of rotatable bonds is 10. The van der Waals surface area contributed by atoms with Gasteiger partial charge in [-0.3, -0.25) is 4.79 Å². The molecule has 232 valence electrons. The molecular formula is C36H53NO5. The molecule has 3 fully saturated rings. The van der Waals surface area contributed by atoms with Crippen molar-refractivity contribution in [2.75, 3.05) is 14.2 Å². The van der Waals surface area contributed by atoms with E-state index in [2.05, 4.69) is 37.9 Å². The molecule has 0 radical (unpaired) electrons. The van der Waals surface area contributed by atoms with Gasteiger partial charge >= 0.3 is 0 Å². The molecular weight excluding hydrogens is 526 g/mol. The topological polar surface area (TPSA) is 88.0 Å². The molecule has 3 aliphatic rings. The number of fused-ring (bicyclic) bond motifs is 1. The standard InChI is InChI=1S/C36H53NO5/c1-23(10-8-18-35(3,4)40)29-15-16-30-25(11-9-19-36(29,30)5)12-13-26-20-28(38)22-31(24(26)2)37-34(39)27-14-17-32(41-6)33(21-27)42-7/h12-14,17,21,23,28-31,38,40H,2,8-11,15-16,18-20,22H2,1,3-7H3,(H,37,39)/b25-12+,26-13-/t23-,28-,29-,30+,31+,36-/m1/s1. The molecule has 0 saturated heterocycles. The molecule has 1 aromatic rings. The summed E-state index contributed by atoms with van der Waals surface area (Å²) in [6.45, 7) is 13.1. The Kier molecular flexibility index (Phi) is 10.3. The van der Waals surface area contributed by atoms with Gasteiger partial charge in [-0.05, 0) is 118 Å². The van der Waals surface area contributed by atoms with Gasteiger partial charge in [-0.1, -0.05) is 51.0 Å². The Labute approximate surface area is 253 Å². The largest absolute Gasteiger partial charge is 0.493 e. The van der Waals surface area contributed by atoms with Crippen molar-refractivity contribution in [2.24, 2.45) is 23.2 Å². The monoisotopic (exact) mass is 579 g/mol. The Morgan fingerprint density at radius 3 is 2.64 bits per heavy atom. The summed E-state index contributed by atoms with van der Waals surface area (Å²) in [6, 6.07) is 4.76. The minimum atomic E-state index is -0.585. The van der Waals surface area contributed by atoms with Crippen molar-refractivity contribution < 1.29 is 24.5 Å². The molecule has 6 heteroatoms. The van der Waals surface area contributed by atoms with Crippen LogP contribution in [0.1, 0.15) is 102 Å². The average Bonchev–Trinajstić information content (AvgIpc) is 3.30. The van der Waals surface area contributed by atoms with Crippen molar-refractivity contribution >= 4 is 5.91 Å². The number of carbonyl (C=O) groups excluding carboxylic acids is 1. The molecule has 0 bridgehead atoms. The van der Waals surface area contributed by atoms with Crippen molar-refractivity contribution in [1.82, 2.24) is 5.32 Å². The lowest BCUT2D eigenvalue weighted by Crippen LogP contribution is -2.41. The van der Waals surface area contributed by atoms with E-state index in [1.165, 1.54) is 37.7 Å². The maximum atomic E-state index is 13.1. The molecule has 3 saturated carbocycles. The van der Waals surface area contributed by atoms with Crippen LogP contribution in [0.5, 0.6) is 11.5 Å². The molecule has 6 nitrogen and oxygen atoms in total. The lowest BCUT2D eigenvalue weighted by Gasteiger charge is -2.44. The van der Waals surface area contributed by atoms with Gasteiger partial charge in [0.15, 0.2) is 11.5 Å². The highest BCUT2D eigenvalue weighted by Crippen LogP contribution is 2.60. The first-order valence-corrected chi connectivity index (χ1v) is 15.9. The minimum absolute atomic E-state index is 0.231. The van der Waals surface area contributed by atoms with Crippen molar-refractivity contribution in [3.8, 4) is 11.5 Å². The molecule has 3 N–H and O–H groups in total. The summed E-state index contributed by atoms with van der Waals surface area (Å²) >= 11 is 0. The molecule has 42 heavy (non-hydrogen) atoms. The molecule has 0 unspecified atom stereocenters. The fraction of sp³-hybridized carbons (Fsp3) is 0.639. The molecule has 6 atom stereocenters. The van der Waals surface area contributed by atoms with E-state index >= 15 is 0 Å². The molecule has 1 aromatic carbocycles. The quantitative estimate of drug-likeness (QED) is 0.274. The number of benzene rings is 1. The van der Waals surface area contributed by atoms with Crippen LogP contribution in [-0.2, 0) is 0 Å². The first kappa shape index (κ1) is 32.3. The van der Waals surface area contributed by atoms with Crippen molar-refractivity contribution in [2.45, 2.75) is 110 Å². The van der Waals surface area contributed by atoms with Crippen LogP contribution in [0.25, 0.3) is 0 Å². The summed E-state index contributed by atoms with van der Waals surface area (Å²) in [6.07, 6.45) is 14.2. The summed E-state index contributed by atoms with van der Waals surface area (Å²) in [4.78, 5) is 13.1. The Bertz CT molecular complexity index is 1190. The van der Waals surface area contributed by atoms with Crippen LogP contribution in [0.4, 0.5) is 0 Å². The molecule has 0 spiro atoms. The Morgan fingerprint density at radius 1 is 1.21 bits per heavy atom. The molecule has 3 aliphatic carbocycles. The number of hydrogen-bond acceptors (Lipinski definition) is 5. The van der Waals surface area contributed by atoms with Gasteiger partial charge in [0.25, 0.3) is 5.91 Å². The van der Waals surface area contributed by atoms with E-state index in [4.69, 9.17) is 9.47 Å². The van der Waals surface area contributed by atoms with Gasteiger partial charge in [0, 0.05) is 5.56 Å². The third-order valence-corrected chi connectivity index (χ3v) is 10.4. The number of carbonyl (C=O) groups is 1. The molecule has 0 heterocycles. The molecule has 0 aliphatic heterocycles. The zero-order chi connectivity index (χ0) is 30.7. The number of ether oxygens (including phenoxy) is 2. The number of methoxy groups -OCH3 is 2. The SMILES string of the molecule is C=C1/C(=C\C=C2/CCC[C@]3(C)[C@@H]([C@H](C)CCCC(C)(C)O)CC[C@@H]23)C[C@@H](O)C[C@@H]1NC(=O)c1ccc(OC)c(OC)c1. The van der Waals surface area contributed by atoms with Crippen LogP contribution in [0.3, 0.4) is 0 Å². The highest BCUT2D eigenvalue weighted by Gasteiger charge is 2.50. The van der Waals surface area contributed by atoms with Crippen LogP contribution in [0.2, 0.25) is 0 Å². The van der Waals surface area contributed by atoms with Crippen molar-refractivity contribution in [3.63, 3.8) is 0 Å². The normalized spacial score (nSPS) is 30.7. The number of aliphatic hydroxyl groups excluding tert-OH is 1. The first-order chi connectivity index (χ1) is 19.9. The predicted molar refractivity (Wildman–Crippen MR) is 169 cm³/mol. The van der Waals surface area contributed by atoms with E-state index in [1.54, 1.807) is 32.4 Å². The maximum absolute atomic E-state index is 13.1. The van der Waals surface area contributed by atoms with Gasteiger partial charge in [0.2, 0.25) is 0 Å². The van der Waals surface area contributed by atoms with Gasteiger partial charge in [0.05, 0.1) is 32.0 Å². The first-order valence-electron chi connectivity index (χ1n) is 15.9. The van der Waals surface area contributed by atoms with Gasteiger partial charge in [0.1, 0.15) is 0 Å². The minimum Gasteiger partial charge on any atom is -0.493 e. The third-order valence-electron chi connectivity index (χ3n) is 10.4. The van der Waals surface area contributed by atoms with Gasteiger partial charge in [-0.15, -0.1) is 0 Å². The summed E-state index contributed by atoms with van der Waals surface area (Å²) in [5.41, 5.74) is 3.61. The van der Waals surface area contributed by atoms with Crippen LogP contribution >= 0.6 is 0 Å². The summed E-state index contributed by atoms with van der Waals surface area (Å²) in [5.74, 6) is 2.79. The second-order valence-electron chi connectivity index (χ2n) is 13.9. The Hall–Kier alpha value is -2.57. The number of aliphatic hydroxyl groups is 2. The fourth-order valence-electron chi connectivity index (χ4n) is 8.13.